The van der Waals surface area contributed by atoms with E-state index in [2.05, 4.69) is 6.58 Å². The second kappa shape index (κ2) is 7.58. The third kappa shape index (κ3) is 5.38. The van der Waals surface area contributed by atoms with E-state index in [1.54, 1.807) is 0 Å². The fourth-order valence-electron chi connectivity index (χ4n) is 2.19. The summed E-state index contributed by atoms with van der Waals surface area (Å²) in [5, 5.41) is 8.62. The van der Waals surface area contributed by atoms with Crippen LogP contribution in [0.2, 0.25) is 0 Å². The summed E-state index contributed by atoms with van der Waals surface area (Å²) in [4.78, 5) is 10.5. The highest BCUT2D eigenvalue weighted by Crippen LogP contribution is 2.27. The van der Waals surface area contributed by atoms with Crippen LogP contribution in [0.25, 0.3) is 5.57 Å². The number of halogens is 1. The Morgan fingerprint density at radius 3 is 2.29 bits per heavy atom. The second-order valence-electron chi connectivity index (χ2n) is 5.20. The van der Waals surface area contributed by atoms with Crippen molar-refractivity contribution >= 4 is 11.5 Å². The molecule has 0 saturated heterocycles. The SMILES string of the molecule is C=C(C)/C=C(\C=C(/F)CCC(=O)O)c1c(C)cccc1C. The van der Waals surface area contributed by atoms with Gasteiger partial charge in [0.15, 0.2) is 0 Å². The van der Waals surface area contributed by atoms with E-state index in [9.17, 15) is 9.18 Å². The van der Waals surface area contributed by atoms with Crippen LogP contribution in [0.5, 0.6) is 0 Å². The van der Waals surface area contributed by atoms with E-state index < -0.39 is 11.8 Å². The highest BCUT2D eigenvalue weighted by molar-refractivity contribution is 5.80. The van der Waals surface area contributed by atoms with E-state index >= 15 is 0 Å². The molecule has 0 saturated carbocycles. The van der Waals surface area contributed by atoms with Crippen molar-refractivity contribution in [3.8, 4) is 0 Å². The molecule has 3 heteroatoms. The third-order valence-corrected chi connectivity index (χ3v) is 3.06. The average molecular weight is 288 g/mol. The van der Waals surface area contributed by atoms with Gasteiger partial charge in [-0.05, 0) is 49.1 Å². The Hall–Kier alpha value is -2.16. The maximum Gasteiger partial charge on any atom is 0.303 e. The van der Waals surface area contributed by atoms with Crippen molar-refractivity contribution < 1.29 is 14.3 Å². The van der Waals surface area contributed by atoms with Gasteiger partial charge in [0.05, 0.1) is 6.42 Å². The van der Waals surface area contributed by atoms with Crippen LogP contribution in [0.1, 0.15) is 36.5 Å². The van der Waals surface area contributed by atoms with Gasteiger partial charge in [-0.2, -0.15) is 0 Å². The fraction of sp³-hybridized carbons (Fsp3) is 0.278. The Kier molecular flexibility index (Phi) is 6.10. The summed E-state index contributed by atoms with van der Waals surface area (Å²) < 4.78 is 13.9. The summed E-state index contributed by atoms with van der Waals surface area (Å²) in [6.07, 6.45) is 2.91. The Balaban J connectivity index is 3.22. The molecule has 1 rings (SSSR count). The first-order chi connectivity index (χ1) is 9.81. The molecule has 0 aromatic heterocycles. The molecule has 0 radical (unpaired) electrons. The van der Waals surface area contributed by atoms with Crippen molar-refractivity contribution in [3.05, 3.63) is 65.0 Å². The number of aliphatic carboxylic acids is 1. The fourth-order valence-corrected chi connectivity index (χ4v) is 2.19. The van der Waals surface area contributed by atoms with Crippen molar-refractivity contribution in [2.24, 2.45) is 0 Å². The highest BCUT2D eigenvalue weighted by Gasteiger charge is 2.09. The molecule has 0 bridgehead atoms. The van der Waals surface area contributed by atoms with Crippen molar-refractivity contribution in [1.29, 1.82) is 0 Å². The number of aryl methyl sites for hydroxylation is 2. The maximum absolute atomic E-state index is 13.9. The van der Waals surface area contributed by atoms with Gasteiger partial charge in [0, 0.05) is 6.42 Å². The normalized spacial score (nSPS) is 12.4. The van der Waals surface area contributed by atoms with Gasteiger partial charge >= 0.3 is 5.97 Å². The predicted molar refractivity (Wildman–Crippen MR) is 84.8 cm³/mol. The molecule has 0 amide bonds. The zero-order valence-corrected chi connectivity index (χ0v) is 12.7. The lowest BCUT2D eigenvalue weighted by molar-refractivity contribution is -0.137. The van der Waals surface area contributed by atoms with Crippen molar-refractivity contribution in [3.63, 3.8) is 0 Å². The smallest absolute Gasteiger partial charge is 0.303 e. The van der Waals surface area contributed by atoms with E-state index in [-0.39, 0.29) is 12.8 Å². The van der Waals surface area contributed by atoms with E-state index in [1.165, 1.54) is 6.08 Å². The van der Waals surface area contributed by atoms with Crippen LogP contribution in [0.4, 0.5) is 4.39 Å². The molecule has 0 aliphatic rings. The van der Waals surface area contributed by atoms with E-state index in [0.717, 1.165) is 27.8 Å². The van der Waals surface area contributed by atoms with Crippen molar-refractivity contribution in [2.45, 2.75) is 33.6 Å². The molecule has 21 heavy (non-hydrogen) atoms. The maximum atomic E-state index is 13.9. The first-order valence-electron chi connectivity index (χ1n) is 6.83. The van der Waals surface area contributed by atoms with Gasteiger partial charge < -0.3 is 5.11 Å². The van der Waals surface area contributed by atoms with Crippen LogP contribution in [-0.4, -0.2) is 11.1 Å². The highest BCUT2D eigenvalue weighted by atomic mass is 19.1. The van der Waals surface area contributed by atoms with Gasteiger partial charge in [-0.3, -0.25) is 4.79 Å². The Morgan fingerprint density at radius 1 is 1.24 bits per heavy atom. The molecule has 2 nitrogen and oxygen atoms in total. The molecular weight excluding hydrogens is 267 g/mol. The van der Waals surface area contributed by atoms with Gasteiger partial charge in [-0.25, -0.2) is 4.39 Å². The lowest BCUT2D eigenvalue weighted by atomic mass is 9.93. The van der Waals surface area contributed by atoms with Crippen LogP contribution >= 0.6 is 0 Å². The second-order valence-corrected chi connectivity index (χ2v) is 5.20. The molecule has 0 aliphatic carbocycles. The zero-order valence-electron chi connectivity index (χ0n) is 12.7. The Morgan fingerprint density at radius 2 is 1.81 bits per heavy atom. The summed E-state index contributed by atoms with van der Waals surface area (Å²) >= 11 is 0. The average Bonchev–Trinajstić information content (AvgIpc) is 2.35. The van der Waals surface area contributed by atoms with Crippen LogP contribution < -0.4 is 0 Å². The molecule has 0 aliphatic heterocycles. The number of hydrogen-bond acceptors (Lipinski definition) is 1. The zero-order chi connectivity index (χ0) is 16.0. The molecule has 0 fully saturated rings. The molecule has 1 aromatic rings. The number of carboxylic acids is 1. The molecule has 0 spiro atoms. The molecule has 1 N–H and O–H groups in total. The standard InChI is InChI=1S/C18H21FO2/c1-12(2)10-15(11-16(19)8-9-17(20)21)18-13(3)6-5-7-14(18)4/h5-7,10-11H,1,8-9H2,2-4H3,(H,20,21)/b15-10+,16-11-. The molecule has 112 valence electrons. The van der Waals surface area contributed by atoms with Crippen molar-refractivity contribution in [2.75, 3.05) is 0 Å². The third-order valence-electron chi connectivity index (χ3n) is 3.06. The molecule has 0 atom stereocenters. The van der Waals surface area contributed by atoms with Gasteiger partial charge in [-0.1, -0.05) is 36.4 Å². The van der Waals surface area contributed by atoms with Gasteiger partial charge in [-0.15, -0.1) is 0 Å². The quantitative estimate of drug-likeness (QED) is 0.749. The number of rotatable bonds is 6. The predicted octanol–water partition coefficient (Wildman–Crippen LogP) is 4.98. The monoisotopic (exact) mass is 288 g/mol. The summed E-state index contributed by atoms with van der Waals surface area (Å²) in [6, 6.07) is 5.90. The van der Waals surface area contributed by atoms with Gasteiger partial charge in [0.1, 0.15) is 5.83 Å². The van der Waals surface area contributed by atoms with Crippen LogP contribution in [0.15, 0.2) is 48.3 Å². The van der Waals surface area contributed by atoms with Gasteiger partial charge in [0.2, 0.25) is 0 Å². The Bertz CT molecular complexity index is 589. The largest absolute Gasteiger partial charge is 0.481 e. The minimum absolute atomic E-state index is 0.103. The molecule has 0 heterocycles. The number of carbonyl (C=O) groups is 1. The van der Waals surface area contributed by atoms with E-state index in [1.807, 2.05) is 45.0 Å². The number of hydrogen-bond donors (Lipinski definition) is 1. The molecular formula is C18H21FO2. The summed E-state index contributed by atoms with van der Waals surface area (Å²) in [5.41, 5.74) is 4.59. The minimum atomic E-state index is -1.00. The summed E-state index contributed by atoms with van der Waals surface area (Å²) in [6.45, 7) is 9.62. The van der Waals surface area contributed by atoms with Crippen molar-refractivity contribution in [1.82, 2.24) is 0 Å². The van der Waals surface area contributed by atoms with Crippen LogP contribution in [-0.2, 0) is 4.79 Å². The minimum Gasteiger partial charge on any atom is -0.481 e. The molecule has 0 unspecified atom stereocenters. The van der Waals surface area contributed by atoms with E-state index in [4.69, 9.17) is 5.11 Å². The van der Waals surface area contributed by atoms with Crippen LogP contribution in [0, 0.1) is 13.8 Å². The Labute approximate surface area is 125 Å². The number of allylic oxidation sites excluding steroid dienone is 5. The lowest BCUT2D eigenvalue weighted by Crippen LogP contribution is -1.95. The van der Waals surface area contributed by atoms with Crippen LogP contribution in [0.3, 0.4) is 0 Å². The number of carboxylic acid groups (broad SMARTS) is 1. The lowest BCUT2D eigenvalue weighted by Gasteiger charge is -2.12. The topological polar surface area (TPSA) is 37.3 Å². The first kappa shape index (κ1) is 16.9. The van der Waals surface area contributed by atoms with Gasteiger partial charge in [0.25, 0.3) is 0 Å². The van der Waals surface area contributed by atoms with E-state index in [0.29, 0.717) is 0 Å². The molecule has 1 aromatic carbocycles. The number of benzene rings is 1. The summed E-state index contributed by atoms with van der Waals surface area (Å²) in [5.74, 6) is -1.44. The summed E-state index contributed by atoms with van der Waals surface area (Å²) in [7, 11) is 0. The first-order valence-corrected chi connectivity index (χ1v) is 6.83.